The van der Waals surface area contributed by atoms with E-state index in [1.54, 1.807) is 0 Å². The molecule has 0 atom stereocenters. The SMILES string of the molecule is O=C(O)c1ccc(S(=O)(=O)N2CCCC3(C2)OCCO3)s1. The largest absolute Gasteiger partial charge is 0.477 e. The second-order valence-electron chi connectivity index (χ2n) is 4.97. The van der Waals surface area contributed by atoms with Gasteiger partial charge in [-0.2, -0.15) is 4.31 Å². The first-order valence-electron chi connectivity index (χ1n) is 6.54. The first kappa shape index (κ1) is 14.9. The van der Waals surface area contributed by atoms with Gasteiger partial charge in [-0.3, -0.25) is 0 Å². The second-order valence-corrected chi connectivity index (χ2v) is 8.22. The molecule has 0 amide bonds. The molecule has 0 saturated carbocycles. The average Bonchev–Trinajstić information content (AvgIpc) is 3.09. The standard InChI is InChI=1S/C12H15NO6S2/c14-11(15)9-2-3-10(20-9)21(16,17)13-5-1-4-12(8-13)18-6-7-19-12/h2-3H,1,4-8H2,(H,14,15). The Morgan fingerprint density at radius 3 is 2.67 bits per heavy atom. The van der Waals surface area contributed by atoms with Gasteiger partial charge in [-0.1, -0.05) is 0 Å². The molecule has 1 aromatic rings. The van der Waals surface area contributed by atoms with Gasteiger partial charge in [-0.15, -0.1) is 11.3 Å². The van der Waals surface area contributed by atoms with Gasteiger partial charge in [0, 0.05) is 13.0 Å². The van der Waals surface area contributed by atoms with Crippen molar-refractivity contribution in [3.05, 3.63) is 17.0 Å². The fourth-order valence-electron chi connectivity index (χ4n) is 2.59. The Labute approximate surface area is 126 Å². The van der Waals surface area contributed by atoms with Crippen LogP contribution in [0.2, 0.25) is 0 Å². The predicted molar refractivity (Wildman–Crippen MR) is 73.9 cm³/mol. The van der Waals surface area contributed by atoms with Crippen LogP contribution in [0.3, 0.4) is 0 Å². The van der Waals surface area contributed by atoms with Gasteiger partial charge in [0.15, 0.2) is 5.79 Å². The number of carboxylic acids is 1. The van der Waals surface area contributed by atoms with Crippen molar-refractivity contribution in [2.24, 2.45) is 0 Å². The summed E-state index contributed by atoms with van der Waals surface area (Å²) in [4.78, 5) is 10.9. The van der Waals surface area contributed by atoms with Crippen LogP contribution in [0.5, 0.6) is 0 Å². The van der Waals surface area contributed by atoms with Gasteiger partial charge in [0.25, 0.3) is 10.0 Å². The van der Waals surface area contributed by atoms with E-state index in [1.165, 1.54) is 16.4 Å². The summed E-state index contributed by atoms with van der Waals surface area (Å²) < 4.78 is 37.7. The van der Waals surface area contributed by atoms with Gasteiger partial charge in [0.2, 0.25) is 0 Å². The summed E-state index contributed by atoms with van der Waals surface area (Å²) in [5.41, 5.74) is 0. The van der Waals surface area contributed by atoms with Crippen LogP contribution >= 0.6 is 11.3 Å². The molecule has 2 aliphatic heterocycles. The Balaban J connectivity index is 1.85. The summed E-state index contributed by atoms with van der Waals surface area (Å²) in [5, 5.41) is 8.90. The average molecular weight is 333 g/mol. The second kappa shape index (κ2) is 5.33. The molecular weight excluding hydrogens is 318 g/mol. The van der Waals surface area contributed by atoms with Crippen LogP contribution in [0.15, 0.2) is 16.3 Å². The molecule has 7 nitrogen and oxygen atoms in total. The van der Waals surface area contributed by atoms with E-state index in [0.717, 1.165) is 11.3 Å². The molecule has 0 aliphatic carbocycles. The molecule has 0 aromatic carbocycles. The molecule has 2 fully saturated rings. The molecule has 116 valence electrons. The number of sulfonamides is 1. The van der Waals surface area contributed by atoms with E-state index < -0.39 is 21.8 Å². The number of piperidine rings is 1. The summed E-state index contributed by atoms with van der Waals surface area (Å²) in [5.74, 6) is -1.96. The van der Waals surface area contributed by atoms with Crippen LogP contribution in [0.25, 0.3) is 0 Å². The van der Waals surface area contributed by atoms with Crippen molar-refractivity contribution in [3.63, 3.8) is 0 Å². The molecule has 9 heteroatoms. The van der Waals surface area contributed by atoms with Crippen molar-refractivity contribution in [2.45, 2.75) is 22.8 Å². The topological polar surface area (TPSA) is 93.1 Å². The molecule has 1 aromatic heterocycles. The Morgan fingerprint density at radius 1 is 1.33 bits per heavy atom. The molecular formula is C12H15NO6S2. The molecule has 1 N–H and O–H groups in total. The van der Waals surface area contributed by atoms with E-state index in [0.29, 0.717) is 32.6 Å². The zero-order valence-corrected chi connectivity index (χ0v) is 12.8. The zero-order chi connectivity index (χ0) is 15.1. The van der Waals surface area contributed by atoms with E-state index in [9.17, 15) is 13.2 Å². The summed E-state index contributed by atoms with van der Waals surface area (Å²) in [6.45, 7) is 1.47. The summed E-state index contributed by atoms with van der Waals surface area (Å²) >= 11 is 0.762. The number of rotatable bonds is 3. The van der Waals surface area contributed by atoms with Crippen LogP contribution < -0.4 is 0 Å². The van der Waals surface area contributed by atoms with E-state index in [1.807, 2.05) is 0 Å². The van der Waals surface area contributed by atoms with E-state index in [4.69, 9.17) is 14.6 Å². The first-order chi connectivity index (χ1) is 9.93. The van der Waals surface area contributed by atoms with Gasteiger partial charge in [-0.25, -0.2) is 13.2 Å². The zero-order valence-electron chi connectivity index (χ0n) is 11.1. The van der Waals surface area contributed by atoms with Crippen LogP contribution in [0.1, 0.15) is 22.5 Å². The molecule has 0 radical (unpaired) electrons. The summed E-state index contributed by atoms with van der Waals surface area (Å²) in [6.07, 6.45) is 1.32. The normalized spacial score (nSPS) is 22.7. The minimum Gasteiger partial charge on any atom is -0.477 e. The van der Waals surface area contributed by atoms with Gasteiger partial charge in [-0.05, 0) is 18.6 Å². The number of ether oxygens (including phenoxy) is 2. The molecule has 0 unspecified atom stereocenters. The fraction of sp³-hybridized carbons (Fsp3) is 0.583. The number of thiophene rings is 1. The third-order valence-electron chi connectivity index (χ3n) is 3.58. The number of nitrogens with zero attached hydrogens (tertiary/aromatic N) is 1. The molecule has 2 aliphatic rings. The monoisotopic (exact) mass is 333 g/mol. The maximum absolute atomic E-state index is 12.6. The number of hydrogen-bond acceptors (Lipinski definition) is 6. The Kier molecular flexibility index (Phi) is 3.78. The fourth-order valence-corrected chi connectivity index (χ4v) is 5.40. The van der Waals surface area contributed by atoms with E-state index >= 15 is 0 Å². The molecule has 2 saturated heterocycles. The Hall–Kier alpha value is -1.00. The first-order valence-corrected chi connectivity index (χ1v) is 8.80. The van der Waals surface area contributed by atoms with Crippen LogP contribution in [0, 0.1) is 0 Å². The lowest BCUT2D eigenvalue weighted by molar-refractivity contribution is -0.179. The highest BCUT2D eigenvalue weighted by atomic mass is 32.2. The number of carbonyl (C=O) groups is 1. The van der Waals surface area contributed by atoms with Crippen molar-refractivity contribution >= 4 is 27.3 Å². The van der Waals surface area contributed by atoms with E-state index in [2.05, 4.69) is 0 Å². The third-order valence-corrected chi connectivity index (χ3v) is 6.97. The summed E-state index contributed by atoms with van der Waals surface area (Å²) in [6, 6.07) is 2.64. The molecule has 21 heavy (non-hydrogen) atoms. The quantitative estimate of drug-likeness (QED) is 0.886. The van der Waals surface area contributed by atoms with Crippen LogP contribution in [0.4, 0.5) is 0 Å². The minimum atomic E-state index is -3.71. The van der Waals surface area contributed by atoms with Gasteiger partial charge < -0.3 is 14.6 Å². The van der Waals surface area contributed by atoms with Crippen LogP contribution in [-0.4, -0.2) is 55.9 Å². The third kappa shape index (κ3) is 2.71. The minimum absolute atomic E-state index is 0.00802. The maximum atomic E-state index is 12.6. The number of carboxylic acid groups (broad SMARTS) is 1. The molecule has 3 heterocycles. The van der Waals surface area contributed by atoms with Crippen molar-refractivity contribution in [3.8, 4) is 0 Å². The highest BCUT2D eigenvalue weighted by Gasteiger charge is 2.44. The van der Waals surface area contributed by atoms with E-state index in [-0.39, 0.29) is 15.6 Å². The number of hydrogen-bond donors (Lipinski definition) is 1. The van der Waals surface area contributed by atoms with Gasteiger partial charge >= 0.3 is 5.97 Å². The van der Waals surface area contributed by atoms with Crippen molar-refractivity contribution < 1.29 is 27.8 Å². The number of aromatic carboxylic acids is 1. The van der Waals surface area contributed by atoms with Gasteiger partial charge in [0.1, 0.15) is 9.09 Å². The predicted octanol–water partition coefficient (Wildman–Crippen LogP) is 0.974. The molecule has 1 spiro atoms. The van der Waals surface area contributed by atoms with Gasteiger partial charge in [0.05, 0.1) is 19.8 Å². The smallest absolute Gasteiger partial charge is 0.345 e. The van der Waals surface area contributed by atoms with Crippen molar-refractivity contribution in [2.75, 3.05) is 26.3 Å². The maximum Gasteiger partial charge on any atom is 0.345 e. The lowest BCUT2D eigenvalue weighted by Gasteiger charge is -2.37. The highest BCUT2D eigenvalue weighted by Crippen LogP contribution is 2.34. The van der Waals surface area contributed by atoms with Crippen LogP contribution in [-0.2, 0) is 19.5 Å². The lowest BCUT2D eigenvalue weighted by Crippen LogP contribution is -2.50. The molecule has 3 rings (SSSR count). The highest BCUT2D eigenvalue weighted by molar-refractivity contribution is 7.91. The Morgan fingerprint density at radius 2 is 2.05 bits per heavy atom. The summed E-state index contributed by atoms with van der Waals surface area (Å²) in [7, 11) is -3.71. The Bertz CT molecular complexity index is 646. The van der Waals surface area contributed by atoms with Crippen molar-refractivity contribution in [1.29, 1.82) is 0 Å². The molecule has 0 bridgehead atoms. The lowest BCUT2D eigenvalue weighted by atomic mass is 10.1. The van der Waals surface area contributed by atoms with Crippen molar-refractivity contribution in [1.82, 2.24) is 4.31 Å².